The van der Waals surface area contributed by atoms with Crippen molar-refractivity contribution in [1.29, 1.82) is 0 Å². The molecule has 3 rings (SSSR count). The summed E-state index contributed by atoms with van der Waals surface area (Å²) in [7, 11) is -3.13. The third-order valence-electron chi connectivity index (χ3n) is 4.77. The number of hydrogen-bond acceptors (Lipinski definition) is 5. The summed E-state index contributed by atoms with van der Waals surface area (Å²) >= 11 is 0. The molecule has 24 heavy (non-hydrogen) atoms. The van der Waals surface area contributed by atoms with E-state index in [4.69, 9.17) is 0 Å². The van der Waals surface area contributed by atoms with E-state index < -0.39 is 15.4 Å². The molecule has 0 saturated carbocycles. The Hall–Kier alpha value is -1.73. The quantitative estimate of drug-likeness (QED) is 0.883. The number of aromatic nitrogens is 1. The van der Waals surface area contributed by atoms with Crippen LogP contribution in [0.1, 0.15) is 30.5 Å². The molecule has 130 valence electrons. The first kappa shape index (κ1) is 17.1. The highest BCUT2D eigenvalue weighted by Crippen LogP contribution is 2.32. The molecule has 1 aromatic rings. The van der Waals surface area contributed by atoms with Crippen molar-refractivity contribution in [3.8, 4) is 0 Å². The number of pyridine rings is 1. The zero-order valence-corrected chi connectivity index (χ0v) is 14.5. The molecule has 0 radical (unpaired) electrons. The van der Waals surface area contributed by atoms with Crippen LogP contribution >= 0.6 is 0 Å². The fraction of sp³-hybridized carbons (Fsp3) is 0.529. The highest BCUT2D eigenvalue weighted by molar-refractivity contribution is 7.94. The van der Waals surface area contributed by atoms with Gasteiger partial charge < -0.3 is 10.0 Å². The summed E-state index contributed by atoms with van der Waals surface area (Å²) in [4.78, 5) is 18.4. The molecular formula is C17H22N2O4S. The van der Waals surface area contributed by atoms with Gasteiger partial charge in [-0.25, -0.2) is 8.42 Å². The summed E-state index contributed by atoms with van der Waals surface area (Å²) in [5.41, 5.74) is 0.681. The number of nitrogens with zero attached hydrogens (tertiary/aromatic N) is 2. The molecule has 2 aliphatic heterocycles. The fourth-order valence-electron chi connectivity index (χ4n) is 3.25. The van der Waals surface area contributed by atoms with Crippen LogP contribution in [0.25, 0.3) is 0 Å². The van der Waals surface area contributed by atoms with Crippen molar-refractivity contribution in [2.24, 2.45) is 5.92 Å². The van der Waals surface area contributed by atoms with Crippen molar-refractivity contribution in [3.05, 3.63) is 41.1 Å². The Kier molecular flexibility index (Phi) is 4.48. The van der Waals surface area contributed by atoms with Crippen LogP contribution in [0.3, 0.4) is 0 Å². The summed E-state index contributed by atoms with van der Waals surface area (Å²) < 4.78 is 22.8. The number of allylic oxidation sites excluding steroid dienone is 1. The van der Waals surface area contributed by atoms with E-state index in [-0.39, 0.29) is 24.0 Å². The Bertz CT molecular complexity index is 747. The fourth-order valence-corrected chi connectivity index (χ4v) is 4.64. The van der Waals surface area contributed by atoms with Gasteiger partial charge in [0.05, 0.1) is 11.4 Å². The minimum atomic E-state index is -3.13. The second-order valence-electron chi connectivity index (χ2n) is 6.76. The van der Waals surface area contributed by atoms with Crippen molar-refractivity contribution in [2.45, 2.75) is 31.8 Å². The number of sulfone groups is 1. The van der Waals surface area contributed by atoms with E-state index in [0.29, 0.717) is 31.6 Å². The van der Waals surface area contributed by atoms with Crippen LogP contribution < -0.4 is 0 Å². The largest absolute Gasteiger partial charge is 0.383 e. The van der Waals surface area contributed by atoms with Crippen molar-refractivity contribution in [1.82, 2.24) is 9.88 Å². The Labute approximate surface area is 142 Å². The first-order valence-corrected chi connectivity index (χ1v) is 9.83. The minimum Gasteiger partial charge on any atom is -0.383 e. The molecule has 0 unspecified atom stereocenters. The van der Waals surface area contributed by atoms with E-state index in [1.807, 2.05) is 19.1 Å². The maximum atomic E-state index is 12.4. The standard InChI is InChI=1S/C17H22N2O4S/c1-13-2-3-15(18-11-13)17(21)5-7-19(8-6-17)16(20)10-14-4-9-24(22,23)12-14/h2-4,9,11,14,21H,5-8,10,12H2,1H3/t14-/m1/s1. The van der Waals surface area contributed by atoms with Crippen molar-refractivity contribution >= 4 is 15.7 Å². The molecule has 7 heteroatoms. The van der Waals surface area contributed by atoms with Crippen LogP contribution in [0, 0.1) is 12.8 Å². The van der Waals surface area contributed by atoms with Gasteiger partial charge in [0, 0.05) is 37.0 Å². The van der Waals surface area contributed by atoms with E-state index in [1.54, 1.807) is 17.2 Å². The lowest BCUT2D eigenvalue weighted by Gasteiger charge is -2.38. The molecule has 1 amide bonds. The van der Waals surface area contributed by atoms with Gasteiger partial charge in [-0.1, -0.05) is 12.1 Å². The highest BCUT2D eigenvalue weighted by atomic mass is 32.2. The van der Waals surface area contributed by atoms with Gasteiger partial charge >= 0.3 is 0 Å². The van der Waals surface area contributed by atoms with E-state index >= 15 is 0 Å². The molecule has 1 saturated heterocycles. The van der Waals surface area contributed by atoms with Crippen LogP contribution in [0.15, 0.2) is 29.8 Å². The number of aliphatic hydroxyl groups is 1. The molecule has 0 aromatic carbocycles. The zero-order chi connectivity index (χ0) is 17.4. The van der Waals surface area contributed by atoms with Gasteiger partial charge in [0.2, 0.25) is 5.91 Å². The van der Waals surface area contributed by atoms with Crippen molar-refractivity contribution < 1.29 is 18.3 Å². The van der Waals surface area contributed by atoms with E-state index in [1.165, 1.54) is 5.41 Å². The molecule has 0 spiro atoms. The number of likely N-dealkylation sites (tertiary alicyclic amines) is 1. The van der Waals surface area contributed by atoms with Crippen LogP contribution in [0.2, 0.25) is 0 Å². The van der Waals surface area contributed by atoms with Crippen LogP contribution in [-0.2, 0) is 20.2 Å². The van der Waals surface area contributed by atoms with Gasteiger partial charge in [-0.15, -0.1) is 0 Å². The van der Waals surface area contributed by atoms with Gasteiger partial charge in [0.15, 0.2) is 9.84 Å². The van der Waals surface area contributed by atoms with Crippen LogP contribution in [0.4, 0.5) is 0 Å². The molecule has 1 fully saturated rings. The lowest BCUT2D eigenvalue weighted by Crippen LogP contribution is -2.45. The summed E-state index contributed by atoms with van der Waals surface area (Å²) in [5, 5.41) is 12.0. The Morgan fingerprint density at radius 2 is 2.08 bits per heavy atom. The molecule has 1 N–H and O–H groups in total. The van der Waals surface area contributed by atoms with Crippen molar-refractivity contribution in [2.75, 3.05) is 18.8 Å². The van der Waals surface area contributed by atoms with E-state index in [0.717, 1.165) is 5.56 Å². The first-order chi connectivity index (χ1) is 11.3. The first-order valence-electron chi connectivity index (χ1n) is 8.12. The molecule has 1 aromatic heterocycles. The number of rotatable bonds is 3. The van der Waals surface area contributed by atoms with Crippen LogP contribution in [0.5, 0.6) is 0 Å². The van der Waals surface area contributed by atoms with Gasteiger partial charge in [-0.2, -0.15) is 0 Å². The van der Waals surface area contributed by atoms with Gasteiger partial charge in [0.25, 0.3) is 0 Å². The molecule has 2 aliphatic rings. The third kappa shape index (κ3) is 3.67. The topological polar surface area (TPSA) is 87.6 Å². The number of hydrogen-bond donors (Lipinski definition) is 1. The minimum absolute atomic E-state index is 0.0177. The smallest absolute Gasteiger partial charge is 0.223 e. The normalized spacial score (nSPS) is 24.9. The van der Waals surface area contributed by atoms with Crippen molar-refractivity contribution in [3.63, 3.8) is 0 Å². The summed E-state index contributed by atoms with van der Waals surface area (Å²) in [6.45, 7) is 2.85. The maximum Gasteiger partial charge on any atom is 0.223 e. The van der Waals surface area contributed by atoms with Gasteiger partial charge in [-0.05, 0) is 31.4 Å². The molecule has 6 nitrogen and oxygen atoms in total. The monoisotopic (exact) mass is 350 g/mol. The highest BCUT2D eigenvalue weighted by Gasteiger charge is 2.37. The Morgan fingerprint density at radius 1 is 1.38 bits per heavy atom. The second kappa shape index (κ2) is 6.29. The average molecular weight is 350 g/mol. The Balaban J connectivity index is 1.57. The lowest BCUT2D eigenvalue weighted by molar-refractivity contribution is -0.136. The molecular weight excluding hydrogens is 328 g/mol. The van der Waals surface area contributed by atoms with Gasteiger partial charge in [0.1, 0.15) is 5.60 Å². The van der Waals surface area contributed by atoms with Gasteiger partial charge in [-0.3, -0.25) is 9.78 Å². The predicted molar refractivity (Wildman–Crippen MR) is 89.7 cm³/mol. The maximum absolute atomic E-state index is 12.4. The number of carbonyl (C=O) groups excluding carboxylic acids is 1. The number of carbonyl (C=O) groups is 1. The van der Waals surface area contributed by atoms with E-state index in [2.05, 4.69) is 4.98 Å². The molecule has 1 atom stereocenters. The molecule has 3 heterocycles. The number of piperidine rings is 1. The van der Waals surface area contributed by atoms with E-state index in [9.17, 15) is 18.3 Å². The number of aryl methyl sites for hydroxylation is 1. The summed E-state index contributed by atoms with van der Waals surface area (Å²) in [6.07, 6.45) is 4.42. The summed E-state index contributed by atoms with van der Waals surface area (Å²) in [6, 6.07) is 3.76. The molecule has 0 bridgehead atoms. The predicted octanol–water partition coefficient (Wildman–Crippen LogP) is 1.15. The lowest BCUT2D eigenvalue weighted by atomic mass is 9.87. The number of amides is 1. The molecule has 0 aliphatic carbocycles. The zero-order valence-electron chi connectivity index (χ0n) is 13.7. The third-order valence-corrected chi connectivity index (χ3v) is 6.24. The second-order valence-corrected chi connectivity index (χ2v) is 8.69. The SMILES string of the molecule is Cc1ccc(C2(O)CCN(C(=O)C[C@H]3C=CS(=O)(=O)C3)CC2)nc1. The summed E-state index contributed by atoms with van der Waals surface area (Å²) in [5.74, 6) is -0.271. The van der Waals surface area contributed by atoms with Crippen LogP contribution in [-0.4, -0.2) is 48.2 Å². The Morgan fingerprint density at radius 3 is 2.62 bits per heavy atom. The average Bonchev–Trinajstić information content (AvgIpc) is 2.87.